The molecule has 1 amide bonds. The summed E-state index contributed by atoms with van der Waals surface area (Å²) < 4.78 is 5.08. The minimum Gasteiger partial charge on any atom is -0.497 e. The van der Waals surface area contributed by atoms with Crippen LogP contribution in [0.15, 0.2) is 18.2 Å². The van der Waals surface area contributed by atoms with Gasteiger partial charge in [0.2, 0.25) is 5.91 Å². The molecule has 118 valence electrons. The maximum Gasteiger partial charge on any atom is 0.225 e. The molecule has 21 heavy (non-hydrogen) atoms. The maximum absolute atomic E-state index is 12.0. The summed E-state index contributed by atoms with van der Waals surface area (Å²) in [4.78, 5) is 14.2. The fourth-order valence-corrected chi connectivity index (χ4v) is 2.13. The van der Waals surface area contributed by atoms with Crippen molar-refractivity contribution in [1.29, 1.82) is 0 Å². The summed E-state index contributed by atoms with van der Waals surface area (Å²) in [7, 11) is 3.63. The normalized spacial score (nSPS) is 12.2. The number of nitrogens with two attached hydrogens (primary N) is 1. The van der Waals surface area contributed by atoms with Crippen molar-refractivity contribution in [2.75, 3.05) is 31.8 Å². The van der Waals surface area contributed by atoms with Crippen molar-refractivity contribution in [2.45, 2.75) is 39.2 Å². The van der Waals surface area contributed by atoms with Gasteiger partial charge in [-0.3, -0.25) is 4.79 Å². The summed E-state index contributed by atoms with van der Waals surface area (Å²) in [5.41, 5.74) is 7.02. The van der Waals surface area contributed by atoms with Crippen LogP contribution in [-0.4, -0.2) is 37.6 Å². The number of ether oxygens (including phenoxy) is 1. The van der Waals surface area contributed by atoms with Gasteiger partial charge in [0.15, 0.2) is 0 Å². The Balaban J connectivity index is 2.47. The average molecular weight is 293 g/mol. The van der Waals surface area contributed by atoms with E-state index in [2.05, 4.69) is 31.1 Å². The molecule has 1 aromatic carbocycles. The van der Waals surface area contributed by atoms with Crippen molar-refractivity contribution in [2.24, 2.45) is 0 Å². The van der Waals surface area contributed by atoms with Crippen molar-refractivity contribution in [1.82, 2.24) is 4.90 Å². The van der Waals surface area contributed by atoms with Gasteiger partial charge >= 0.3 is 0 Å². The van der Waals surface area contributed by atoms with Crippen LogP contribution in [0.4, 0.5) is 11.4 Å². The quantitative estimate of drug-likeness (QED) is 0.723. The Bertz CT molecular complexity index is 463. The fraction of sp³-hybridized carbons (Fsp3) is 0.562. The summed E-state index contributed by atoms with van der Waals surface area (Å²) in [5, 5.41) is 2.84. The van der Waals surface area contributed by atoms with Crippen LogP contribution in [0.5, 0.6) is 5.75 Å². The number of amides is 1. The Labute approximate surface area is 127 Å². The lowest BCUT2D eigenvalue weighted by atomic mass is 10.1. The lowest BCUT2D eigenvalue weighted by molar-refractivity contribution is -0.116. The average Bonchev–Trinajstić information content (AvgIpc) is 2.47. The fourth-order valence-electron chi connectivity index (χ4n) is 2.13. The van der Waals surface area contributed by atoms with Gasteiger partial charge in [-0.2, -0.15) is 0 Å². The molecule has 0 bridgehead atoms. The van der Waals surface area contributed by atoms with Crippen LogP contribution in [0, 0.1) is 0 Å². The zero-order chi connectivity index (χ0) is 15.8. The molecule has 3 N–H and O–H groups in total. The van der Waals surface area contributed by atoms with E-state index in [4.69, 9.17) is 10.5 Å². The van der Waals surface area contributed by atoms with E-state index >= 15 is 0 Å². The first kappa shape index (κ1) is 17.3. The molecule has 0 aromatic heterocycles. The third-order valence-electron chi connectivity index (χ3n) is 3.68. The molecule has 0 aliphatic rings. The molecule has 5 nitrogen and oxygen atoms in total. The van der Waals surface area contributed by atoms with E-state index in [1.807, 2.05) is 0 Å². The number of carbonyl (C=O) groups is 1. The van der Waals surface area contributed by atoms with Gasteiger partial charge in [0.25, 0.3) is 0 Å². The molecule has 0 heterocycles. The molecule has 1 atom stereocenters. The molecular formula is C16H27N3O2. The molecule has 0 saturated carbocycles. The van der Waals surface area contributed by atoms with E-state index in [-0.39, 0.29) is 5.91 Å². The molecule has 0 fully saturated rings. The minimum absolute atomic E-state index is 0.0255. The molecule has 1 aromatic rings. The monoisotopic (exact) mass is 293 g/mol. The summed E-state index contributed by atoms with van der Waals surface area (Å²) in [6.07, 6.45) is 2.75. The topological polar surface area (TPSA) is 67.6 Å². The molecule has 0 radical (unpaired) electrons. The first-order valence-electron chi connectivity index (χ1n) is 7.41. The van der Waals surface area contributed by atoms with Crippen LogP contribution in [0.3, 0.4) is 0 Å². The molecule has 1 unspecified atom stereocenters. The molecule has 0 aliphatic carbocycles. The molecule has 0 aliphatic heterocycles. The lowest BCUT2D eigenvalue weighted by Crippen LogP contribution is -2.32. The number of nitrogen functional groups attached to an aromatic ring is 1. The van der Waals surface area contributed by atoms with Gasteiger partial charge in [-0.1, -0.05) is 13.3 Å². The number of anilines is 2. The Hall–Kier alpha value is -1.75. The lowest BCUT2D eigenvalue weighted by Gasteiger charge is -2.24. The highest BCUT2D eigenvalue weighted by atomic mass is 16.5. The Morgan fingerprint density at radius 2 is 2.19 bits per heavy atom. The van der Waals surface area contributed by atoms with E-state index in [9.17, 15) is 4.79 Å². The first-order chi connectivity index (χ1) is 9.97. The van der Waals surface area contributed by atoms with Crippen LogP contribution in [0.2, 0.25) is 0 Å². The van der Waals surface area contributed by atoms with Crippen molar-refractivity contribution >= 4 is 17.3 Å². The van der Waals surface area contributed by atoms with Crippen molar-refractivity contribution in [3.63, 3.8) is 0 Å². The molecular weight excluding hydrogens is 266 g/mol. The van der Waals surface area contributed by atoms with E-state index in [1.54, 1.807) is 25.3 Å². The number of rotatable bonds is 8. The standard InChI is InChI=1S/C16H27N3O2/c1-5-6-12(2)19(3)10-9-16(20)18-15-8-7-13(21-4)11-14(15)17/h7-8,11-12H,5-6,9-10,17H2,1-4H3,(H,18,20). The number of nitrogens with one attached hydrogen (secondary N) is 1. The molecule has 1 rings (SSSR count). The third-order valence-corrected chi connectivity index (χ3v) is 3.68. The minimum atomic E-state index is -0.0255. The highest BCUT2D eigenvalue weighted by molar-refractivity contribution is 5.94. The van der Waals surface area contributed by atoms with Crippen molar-refractivity contribution in [3.05, 3.63) is 18.2 Å². The van der Waals surface area contributed by atoms with E-state index < -0.39 is 0 Å². The largest absolute Gasteiger partial charge is 0.497 e. The third kappa shape index (κ3) is 5.63. The molecule has 5 heteroatoms. The Morgan fingerprint density at radius 1 is 1.48 bits per heavy atom. The van der Waals surface area contributed by atoms with Gasteiger partial charge in [0, 0.05) is 25.1 Å². The predicted molar refractivity (Wildman–Crippen MR) is 87.7 cm³/mol. The Morgan fingerprint density at radius 3 is 2.76 bits per heavy atom. The zero-order valence-electron chi connectivity index (χ0n) is 13.5. The molecule has 0 spiro atoms. The smallest absolute Gasteiger partial charge is 0.225 e. The van der Waals surface area contributed by atoms with Crippen LogP contribution >= 0.6 is 0 Å². The van der Waals surface area contributed by atoms with Gasteiger partial charge < -0.3 is 20.7 Å². The number of carbonyl (C=O) groups excluding carboxylic acids is 1. The maximum atomic E-state index is 12.0. The van der Waals surface area contributed by atoms with E-state index in [0.29, 0.717) is 29.6 Å². The second-order valence-electron chi connectivity index (χ2n) is 5.37. The number of nitrogens with zero attached hydrogens (tertiary/aromatic N) is 1. The van der Waals surface area contributed by atoms with Crippen molar-refractivity contribution in [3.8, 4) is 5.75 Å². The van der Waals surface area contributed by atoms with Gasteiger partial charge in [-0.05, 0) is 32.5 Å². The number of benzene rings is 1. The summed E-state index contributed by atoms with van der Waals surface area (Å²) in [6, 6.07) is 5.73. The van der Waals surface area contributed by atoms with Gasteiger partial charge in [-0.15, -0.1) is 0 Å². The van der Waals surface area contributed by atoms with Crippen LogP contribution in [0.25, 0.3) is 0 Å². The summed E-state index contributed by atoms with van der Waals surface area (Å²) in [6.45, 7) is 5.09. The van der Waals surface area contributed by atoms with Crippen molar-refractivity contribution < 1.29 is 9.53 Å². The molecule has 0 saturated heterocycles. The Kier molecular flexibility index (Phi) is 7.02. The summed E-state index contributed by atoms with van der Waals surface area (Å²) >= 11 is 0. The second-order valence-corrected chi connectivity index (χ2v) is 5.37. The zero-order valence-corrected chi connectivity index (χ0v) is 13.5. The van der Waals surface area contributed by atoms with E-state index in [0.717, 1.165) is 19.4 Å². The SMILES string of the molecule is CCCC(C)N(C)CCC(=O)Nc1ccc(OC)cc1N. The second kappa shape index (κ2) is 8.52. The predicted octanol–water partition coefficient (Wildman–Crippen LogP) is 2.73. The van der Waals surface area contributed by atoms with Crippen LogP contribution in [0.1, 0.15) is 33.1 Å². The van der Waals surface area contributed by atoms with Crippen LogP contribution in [-0.2, 0) is 4.79 Å². The van der Waals surface area contributed by atoms with Gasteiger partial charge in [0.1, 0.15) is 5.75 Å². The number of methoxy groups -OCH3 is 1. The highest BCUT2D eigenvalue weighted by Gasteiger charge is 2.11. The number of hydrogen-bond acceptors (Lipinski definition) is 4. The highest BCUT2D eigenvalue weighted by Crippen LogP contribution is 2.24. The summed E-state index contributed by atoms with van der Waals surface area (Å²) in [5.74, 6) is 0.654. The van der Waals surface area contributed by atoms with Gasteiger partial charge in [-0.25, -0.2) is 0 Å². The van der Waals surface area contributed by atoms with Gasteiger partial charge in [0.05, 0.1) is 18.5 Å². The van der Waals surface area contributed by atoms with E-state index in [1.165, 1.54) is 0 Å². The van der Waals surface area contributed by atoms with Crippen LogP contribution < -0.4 is 15.8 Å². The first-order valence-corrected chi connectivity index (χ1v) is 7.41. The number of hydrogen-bond donors (Lipinski definition) is 2.